The molecule has 9 atom stereocenters. The normalized spacial score (nSPS) is 34.8. The molecule has 1 saturated carbocycles. The summed E-state index contributed by atoms with van der Waals surface area (Å²) in [4.78, 5) is 0. The fourth-order valence-corrected chi connectivity index (χ4v) is 4.83. The van der Waals surface area contributed by atoms with E-state index in [0.29, 0.717) is 17.8 Å². The van der Waals surface area contributed by atoms with Gasteiger partial charge < -0.3 is 24.1 Å². The summed E-state index contributed by atoms with van der Waals surface area (Å²) in [5.41, 5.74) is 1.11. The van der Waals surface area contributed by atoms with Crippen LogP contribution in [0.3, 0.4) is 0 Å². The van der Waals surface area contributed by atoms with Crippen molar-refractivity contribution in [2.45, 2.75) is 84.1 Å². The summed E-state index contributed by atoms with van der Waals surface area (Å²) >= 11 is 0. The minimum absolute atomic E-state index is 0.0510. The number of rotatable bonds is 11. The van der Waals surface area contributed by atoms with Crippen molar-refractivity contribution >= 4 is 0 Å². The van der Waals surface area contributed by atoms with Crippen LogP contribution in [0.2, 0.25) is 0 Å². The molecular weight excluding hydrogens is 368 g/mol. The molecule has 1 heterocycles. The van der Waals surface area contributed by atoms with Crippen LogP contribution in [-0.2, 0) is 18.9 Å². The highest BCUT2D eigenvalue weighted by molar-refractivity contribution is 5.17. The van der Waals surface area contributed by atoms with Gasteiger partial charge in [0.2, 0.25) is 0 Å². The maximum absolute atomic E-state index is 10.8. The molecule has 0 aromatic carbocycles. The molecular formula is C24H42O5. The van der Waals surface area contributed by atoms with E-state index in [0.717, 1.165) is 31.3 Å². The van der Waals surface area contributed by atoms with E-state index in [9.17, 15) is 5.11 Å². The smallest absolute Gasteiger partial charge is 0.158 e. The Balaban J connectivity index is 1.90. The van der Waals surface area contributed by atoms with Gasteiger partial charge in [0.25, 0.3) is 0 Å². The molecule has 0 amide bonds. The van der Waals surface area contributed by atoms with Crippen molar-refractivity contribution in [3.63, 3.8) is 0 Å². The lowest BCUT2D eigenvalue weighted by Gasteiger charge is -2.35. The van der Waals surface area contributed by atoms with Crippen LogP contribution >= 0.6 is 0 Å². The van der Waals surface area contributed by atoms with Crippen LogP contribution in [0.1, 0.15) is 53.4 Å². The predicted molar refractivity (Wildman–Crippen MR) is 116 cm³/mol. The summed E-state index contributed by atoms with van der Waals surface area (Å²) < 4.78 is 22.6. The SMILES string of the molecule is CC[C@H](OC)[C@@H](C)[C@@H]1C[C@H]1[C@H](O)[C@@H](C)/C=C/C=C(\C)[C@H]1O[C@@H](OC)CC[C@@H]1OC. The largest absolute Gasteiger partial charge is 0.392 e. The Bertz CT molecular complexity index is 541. The van der Waals surface area contributed by atoms with E-state index in [1.54, 1.807) is 21.3 Å². The van der Waals surface area contributed by atoms with Gasteiger partial charge in [-0.25, -0.2) is 0 Å². The summed E-state index contributed by atoms with van der Waals surface area (Å²) in [6.07, 6.45) is 9.85. The van der Waals surface area contributed by atoms with Gasteiger partial charge in [0.15, 0.2) is 6.29 Å². The first kappa shape index (κ1) is 24.5. The Morgan fingerprint density at radius 2 is 1.86 bits per heavy atom. The highest BCUT2D eigenvalue weighted by Gasteiger charge is 2.48. The Kier molecular flexibility index (Phi) is 9.83. The zero-order valence-corrected chi connectivity index (χ0v) is 19.3. The molecule has 0 aromatic heterocycles. The van der Waals surface area contributed by atoms with Crippen molar-refractivity contribution in [1.29, 1.82) is 0 Å². The van der Waals surface area contributed by atoms with Crippen LogP contribution in [0.4, 0.5) is 0 Å². The lowest BCUT2D eigenvalue weighted by molar-refractivity contribution is -0.205. The molecule has 1 N–H and O–H groups in total. The van der Waals surface area contributed by atoms with Crippen molar-refractivity contribution in [2.75, 3.05) is 21.3 Å². The van der Waals surface area contributed by atoms with Crippen LogP contribution in [0.15, 0.2) is 23.8 Å². The zero-order chi connectivity index (χ0) is 21.6. The van der Waals surface area contributed by atoms with Gasteiger partial charge in [-0.3, -0.25) is 0 Å². The molecule has 2 rings (SSSR count). The maximum Gasteiger partial charge on any atom is 0.158 e. The van der Waals surface area contributed by atoms with Crippen LogP contribution in [0.25, 0.3) is 0 Å². The molecule has 2 aliphatic rings. The minimum Gasteiger partial charge on any atom is -0.392 e. The van der Waals surface area contributed by atoms with Gasteiger partial charge in [-0.2, -0.15) is 0 Å². The molecule has 0 bridgehead atoms. The summed E-state index contributed by atoms with van der Waals surface area (Å²) in [7, 11) is 5.20. The third-order valence-electron chi connectivity index (χ3n) is 6.95. The Morgan fingerprint density at radius 1 is 1.14 bits per heavy atom. The van der Waals surface area contributed by atoms with Gasteiger partial charge >= 0.3 is 0 Å². The molecule has 0 aromatic rings. The quantitative estimate of drug-likeness (QED) is 0.513. The van der Waals surface area contributed by atoms with E-state index < -0.39 is 0 Å². The number of hydrogen-bond donors (Lipinski definition) is 1. The summed E-state index contributed by atoms with van der Waals surface area (Å²) in [6, 6.07) is 0. The summed E-state index contributed by atoms with van der Waals surface area (Å²) in [6.45, 7) is 8.57. The first-order valence-corrected chi connectivity index (χ1v) is 11.1. The van der Waals surface area contributed by atoms with Crippen LogP contribution < -0.4 is 0 Å². The van der Waals surface area contributed by atoms with Crippen LogP contribution in [0, 0.1) is 23.7 Å². The Labute approximate surface area is 177 Å². The van der Waals surface area contributed by atoms with Crippen molar-refractivity contribution in [1.82, 2.24) is 0 Å². The lowest BCUT2D eigenvalue weighted by atomic mass is 9.91. The average Bonchev–Trinajstić information content (AvgIpc) is 3.54. The second-order valence-corrected chi connectivity index (χ2v) is 8.82. The molecule has 0 radical (unpaired) electrons. The van der Waals surface area contributed by atoms with Gasteiger partial charge in [-0.05, 0) is 49.5 Å². The van der Waals surface area contributed by atoms with Gasteiger partial charge in [-0.1, -0.05) is 39.0 Å². The van der Waals surface area contributed by atoms with Gasteiger partial charge in [0.05, 0.1) is 18.3 Å². The third-order valence-corrected chi connectivity index (χ3v) is 6.95. The average molecular weight is 411 g/mol. The number of hydrogen-bond acceptors (Lipinski definition) is 5. The minimum atomic E-state index is -0.308. The van der Waals surface area contributed by atoms with Gasteiger partial charge in [-0.15, -0.1) is 0 Å². The molecule has 1 saturated heterocycles. The second-order valence-electron chi connectivity index (χ2n) is 8.82. The van der Waals surface area contributed by atoms with Crippen LogP contribution in [-0.4, -0.2) is 57.1 Å². The maximum atomic E-state index is 10.8. The van der Waals surface area contributed by atoms with E-state index in [1.165, 1.54) is 0 Å². The van der Waals surface area contributed by atoms with E-state index in [-0.39, 0.29) is 36.6 Å². The molecule has 2 fully saturated rings. The molecule has 0 unspecified atom stereocenters. The Hall–Kier alpha value is -0.720. The highest BCUT2D eigenvalue weighted by Crippen LogP contribution is 2.49. The fraction of sp³-hybridized carbons (Fsp3) is 0.833. The fourth-order valence-electron chi connectivity index (χ4n) is 4.83. The van der Waals surface area contributed by atoms with Gasteiger partial charge in [0, 0.05) is 33.7 Å². The molecule has 168 valence electrons. The molecule has 5 heteroatoms. The van der Waals surface area contributed by atoms with E-state index in [4.69, 9.17) is 18.9 Å². The summed E-state index contributed by atoms with van der Waals surface area (Å²) in [5.74, 6) is 1.54. The third kappa shape index (κ3) is 6.38. The van der Waals surface area contributed by atoms with Crippen molar-refractivity contribution < 1.29 is 24.1 Å². The highest BCUT2D eigenvalue weighted by atomic mass is 16.7. The van der Waals surface area contributed by atoms with E-state index in [2.05, 4.69) is 39.8 Å². The van der Waals surface area contributed by atoms with Crippen molar-refractivity contribution in [2.24, 2.45) is 23.7 Å². The first-order valence-electron chi connectivity index (χ1n) is 11.1. The topological polar surface area (TPSA) is 57.2 Å². The monoisotopic (exact) mass is 410 g/mol. The number of aliphatic hydroxyl groups excluding tert-OH is 1. The van der Waals surface area contributed by atoms with E-state index >= 15 is 0 Å². The van der Waals surface area contributed by atoms with Crippen LogP contribution in [0.5, 0.6) is 0 Å². The number of aliphatic hydroxyl groups is 1. The molecule has 0 spiro atoms. The molecule has 1 aliphatic carbocycles. The predicted octanol–water partition coefficient (Wildman–Crippen LogP) is 4.35. The Morgan fingerprint density at radius 3 is 2.45 bits per heavy atom. The van der Waals surface area contributed by atoms with E-state index in [1.807, 2.05) is 6.08 Å². The number of ether oxygens (including phenoxy) is 4. The van der Waals surface area contributed by atoms with Crippen molar-refractivity contribution in [3.8, 4) is 0 Å². The molecule has 1 aliphatic heterocycles. The number of methoxy groups -OCH3 is 3. The first-order chi connectivity index (χ1) is 13.9. The molecule has 29 heavy (non-hydrogen) atoms. The zero-order valence-electron chi connectivity index (χ0n) is 19.3. The summed E-state index contributed by atoms with van der Waals surface area (Å²) in [5, 5.41) is 10.8. The lowest BCUT2D eigenvalue weighted by Crippen LogP contribution is -2.41. The standard InChI is InChI=1S/C24H42O5/c1-8-20(26-5)17(4)18-14-19(18)23(25)15(2)10-9-11-16(3)24-21(27-6)12-13-22(28-7)29-24/h9-11,15,17-25H,8,12-14H2,1-7H3/b10-9+,16-11+/t15-,17-,18-,19+,20-,21-,22+,23+,24+/m0/s1. The second kappa shape index (κ2) is 11.6. The number of allylic oxidation sites excluding steroid dienone is 2. The van der Waals surface area contributed by atoms with Gasteiger partial charge in [0.1, 0.15) is 6.10 Å². The molecule has 5 nitrogen and oxygen atoms in total. The van der Waals surface area contributed by atoms with Crippen molar-refractivity contribution in [3.05, 3.63) is 23.8 Å².